The van der Waals surface area contributed by atoms with Gasteiger partial charge in [0, 0.05) is 10.6 Å². The molecule has 1 heterocycles. The number of Topliss-reactive ketones (excluding diaryl/α,β-unsaturated/α-hetero) is 1. The summed E-state index contributed by atoms with van der Waals surface area (Å²) in [6.45, 7) is 2.02. The molecule has 0 saturated carbocycles. The molecule has 3 nitrogen and oxygen atoms in total. The number of carbonyl (C=O) groups is 1. The van der Waals surface area contributed by atoms with Crippen LogP contribution in [-0.4, -0.2) is 17.1 Å². The van der Waals surface area contributed by atoms with Crippen molar-refractivity contribution in [2.24, 2.45) is 0 Å². The molecule has 112 valence electrons. The van der Waals surface area contributed by atoms with Crippen LogP contribution in [0, 0.1) is 6.92 Å². The summed E-state index contributed by atoms with van der Waals surface area (Å²) in [7, 11) is 0. The molecule has 0 radical (unpaired) electrons. The summed E-state index contributed by atoms with van der Waals surface area (Å²) in [6.07, 6.45) is -0.670. The number of hydrogen-bond donors (Lipinski definition) is 1. The Morgan fingerprint density at radius 1 is 1.14 bits per heavy atom. The van der Waals surface area contributed by atoms with Crippen LogP contribution in [0.2, 0.25) is 5.02 Å². The van der Waals surface area contributed by atoms with Gasteiger partial charge < -0.3 is 10.1 Å². The highest BCUT2D eigenvalue weighted by Gasteiger charge is 2.38. The summed E-state index contributed by atoms with van der Waals surface area (Å²) in [5.41, 5.74) is 2.68. The smallest absolute Gasteiger partial charge is 0.258 e. The lowest BCUT2D eigenvalue weighted by Gasteiger charge is -2.17. The van der Waals surface area contributed by atoms with Gasteiger partial charge in [0.2, 0.25) is 5.78 Å². The topological polar surface area (TPSA) is 38.3 Å². The number of nitrogens with one attached hydrogen (secondary N) is 1. The fourth-order valence-electron chi connectivity index (χ4n) is 2.44. The number of rotatable bonds is 3. The van der Waals surface area contributed by atoms with Crippen molar-refractivity contribution >= 4 is 34.8 Å². The zero-order chi connectivity index (χ0) is 15.7. The SMILES string of the molecule is Cc1ccc([C@@H]2NC(=S)O[C@@H]2C(=O)c2ccc(Cl)cc2)cc1. The predicted molar refractivity (Wildman–Crippen MR) is 90.3 cm³/mol. The highest BCUT2D eigenvalue weighted by atomic mass is 35.5. The van der Waals surface area contributed by atoms with Crippen molar-refractivity contribution in [2.75, 3.05) is 0 Å². The van der Waals surface area contributed by atoms with Crippen LogP contribution in [0.3, 0.4) is 0 Å². The van der Waals surface area contributed by atoms with Crippen molar-refractivity contribution in [3.05, 3.63) is 70.2 Å². The molecule has 0 aliphatic carbocycles. The van der Waals surface area contributed by atoms with Crippen LogP contribution < -0.4 is 5.32 Å². The lowest BCUT2D eigenvalue weighted by Crippen LogP contribution is -2.29. The van der Waals surface area contributed by atoms with Crippen LogP contribution in [0.25, 0.3) is 0 Å². The van der Waals surface area contributed by atoms with E-state index in [2.05, 4.69) is 5.32 Å². The van der Waals surface area contributed by atoms with E-state index in [9.17, 15) is 4.79 Å². The standard InChI is InChI=1S/C17H14ClNO2S/c1-10-2-4-11(5-3-10)14-16(21-17(22)19-14)15(20)12-6-8-13(18)9-7-12/h2-9,14,16H,1H3,(H,19,22)/t14-,16-/m0/s1. The Labute approximate surface area is 139 Å². The average Bonchev–Trinajstić information content (AvgIpc) is 2.90. The summed E-state index contributed by atoms with van der Waals surface area (Å²) < 4.78 is 5.54. The van der Waals surface area contributed by atoms with Gasteiger partial charge in [-0.2, -0.15) is 0 Å². The van der Waals surface area contributed by atoms with Crippen molar-refractivity contribution in [1.29, 1.82) is 0 Å². The first-order valence-corrected chi connectivity index (χ1v) is 7.67. The average molecular weight is 332 g/mol. The molecule has 2 aromatic carbocycles. The van der Waals surface area contributed by atoms with Gasteiger partial charge in [0.05, 0.1) is 6.04 Å². The Hall–Kier alpha value is -1.91. The van der Waals surface area contributed by atoms with Crippen LogP contribution in [-0.2, 0) is 4.74 Å². The van der Waals surface area contributed by atoms with E-state index in [4.69, 9.17) is 28.6 Å². The second-order valence-corrected chi connectivity index (χ2v) is 6.04. The Morgan fingerprint density at radius 3 is 2.41 bits per heavy atom. The second-order valence-electron chi connectivity index (χ2n) is 5.23. The molecular formula is C17H14ClNO2S. The third-order valence-corrected chi connectivity index (χ3v) is 4.10. The predicted octanol–water partition coefficient (Wildman–Crippen LogP) is 3.85. The van der Waals surface area contributed by atoms with E-state index >= 15 is 0 Å². The first-order chi connectivity index (χ1) is 10.5. The van der Waals surface area contributed by atoms with Gasteiger partial charge in [-0.1, -0.05) is 41.4 Å². The summed E-state index contributed by atoms with van der Waals surface area (Å²) >= 11 is 10.9. The fraction of sp³-hybridized carbons (Fsp3) is 0.176. The van der Waals surface area contributed by atoms with Gasteiger partial charge in [0.25, 0.3) is 5.17 Å². The van der Waals surface area contributed by atoms with E-state index in [1.165, 1.54) is 0 Å². The molecule has 0 amide bonds. The monoisotopic (exact) mass is 331 g/mol. The summed E-state index contributed by atoms with van der Waals surface area (Å²) in [5, 5.41) is 3.90. The van der Waals surface area contributed by atoms with Gasteiger partial charge >= 0.3 is 0 Å². The van der Waals surface area contributed by atoms with Crippen LogP contribution in [0.4, 0.5) is 0 Å². The Bertz CT molecular complexity index is 712. The van der Waals surface area contributed by atoms with E-state index in [1.54, 1.807) is 24.3 Å². The van der Waals surface area contributed by atoms with Gasteiger partial charge in [-0.05, 0) is 49.0 Å². The Morgan fingerprint density at radius 2 is 1.77 bits per heavy atom. The molecule has 0 spiro atoms. The fourth-order valence-corrected chi connectivity index (χ4v) is 2.79. The Balaban J connectivity index is 1.90. The molecule has 1 aliphatic heterocycles. The summed E-state index contributed by atoms with van der Waals surface area (Å²) in [4.78, 5) is 12.7. The number of ketones is 1. The molecule has 2 aromatic rings. The van der Waals surface area contributed by atoms with Gasteiger partial charge in [-0.25, -0.2) is 0 Å². The quantitative estimate of drug-likeness (QED) is 0.685. The van der Waals surface area contributed by atoms with E-state index in [0.29, 0.717) is 10.6 Å². The number of halogens is 1. The van der Waals surface area contributed by atoms with Gasteiger partial charge in [0.15, 0.2) is 6.10 Å². The zero-order valence-electron chi connectivity index (χ0n) is 11.9. The first kappa shape index (κ1) is 15.0. The van der Waals surface area contributed by atoms with Gasteiger partial charge in [-0.3, -0.25) is 4.79 Å². The molecule has 1 saturated heterocycles. The molecule has 0 unspecified atom stereocenters. The molecular weight excluding hydrogens is 318 g/mol. The number of aryl methyl sites for hydroxylation is 1. The maximum absolute atomic E-state index is 12.7. The van der Waals surface area contributed by atoms with E-state index in [-0.39, 0.29) is 17.0 Å². The van der Waals surface area contributed by atoms with E-state index < -0.39 is 6.10 Å². The zero-order valence-corrected chi connectivity index (χ0v) is 13.4. The molecule has 3 rings (SSSR count). The number of hydrogen-bond acceptors (Lipinski definition) is 3. The highest BCUT2D eigenvalue weighted by Crippen LogP contribution is 2.28. The second kappa shape index (κ2) is 6.07. The van der Waals surface area contributed by atoms with Crippen LogP contribution in [0.5, 0.6) is 0 Å². The molecule has 22 heavy (non-hydrogen) atoms. The highest BCUT2D eigenvalue weighted by molar-refractivity contribution is 7.80. The van der Waals surface area contributed by atoms with E-state index in [0.717, 1.165) is 11.1 Å². The van der Waals surface area contributed by atoms with E-state index in [1.807, 2.05) is 31.2 Å². The minimum Gasteiger partial charge on any atom is -0.457 e. The normalized spacial score (nSPS) is 20.4. The number of benzene rings is 2. The van der Waals surface area contributed by atoms with Crippen LogP contribution >= 0.6 is 23.8 Å². The minimum absolute atomic E-state index is 0.116. The molecule has 1 fully saturated rings. The largest absolute Gasteiger partial charge is 0.457 e. The third kappa shape index (κ3) is 2.98. The third-order valence-electron chi connectivity index (χ3n) is 3.63. The van der Waals surface area contributed by atoms with Crippen molar-refractivity contribution in [3.8, 4) is 0 Å². The van der Waals surface area contributed by atoms with Crippen molar-refractivity contribution in [1.82, 2.24) is 5.32 Å². The first-order valence-electron chi connectivity index (χ1n) is 6.88. The van der Waals surface area contributed by atoms with Crippen molar-refractivity contribution < 1.29 is 9.53 Å². The van der Waals surface area contributed by atoms with Gasteiger partial charge in [-0.15, -0.1) is 0 Å². The molecule has 2 atom stereocenters. The van der Waals surface area contributed by atoms with Crippen LogP contribution in [0.1, 0.15) is 27.5 Å². The summed E-state index contributed by atoms with van der Waals surface area (Å²) in [5.74, 6) is -0.116. The van der Waals surface area contributed by atoms with Crippen LogP contribution in [0.15, 0.2) is 48.5 Å². The maximum Gasteiger partial charge on any atom is 0.258 e. The molecule has 1 aliphatic rings. The minimum atomic E-state index is -0.670. The maximum atomic E-state index is 12.7. The number of thiocarbonyl (C=S) groups is 1. The van der Waals surface area contributed by atoms with Gasteiger partial charge in [0.1, 0.15) is 0 Å². The number of ether oxygens (including phenoxy) is 1. The lowest BCUT2D eigenvalue weighted by molar-refractivity contribution is 0.0787. The molecule has 5 heteroatoms. The Kier molecular flexibility index (Phi) is 4.14. The molecule has 0 bridgehead atoms. The van der Waals surface area contributed by atoms with Crippen molar-refractivity contribution in [2.45, 2.75) is 19.1 Å². The summed E-state index contributed by atoms with van der Waals surface area (Å²) in [6, 6.07) is 14.5. The number of carbonyl (C=O) groups excluding carboxylic acids is 1. The molecule has 0 aromatic heterocycles. The lowest BCUT2D eigenvalue weighted by atomic mass is 9.95. The molecule has 1 N–H and O–H groups in total. The van der Waals surface area contributed by atoms with Crippen molar-refractivity contribution in [3.63, 3.8) is 0 Å².